The molecule has 3 nitrogen and oxygen atoms in total. The first kappa shape index (κ1) is 15.6. The number of fused-ring (bicyclic) bond motifs is 1. The number of hydrogen-bond donors (Lipinski definition) is 1. The van der Waals surface area contributed by atoms with E-state index in [0.717, 1.165) is 17.7 Å². The molecule has 1 N–H and O–H groups in total. The van der Waals surface area contributed by atoms with Gasteiger partial charge in [-0.1, -0.05) is 29.8 Å². The van der Waals surface area contributed by atoms with Gasteiger partial charge in [0.2, 0.25) is 0 Å². The molecule has 0 saturated heterocycles. The van der Waals surface area contributed by atoms with Gasteiger partial charge in [-0.05, 0) is 42.3 Å². The van der Waals surface area contributed by atoms with Gasteiger partial charge in [0.1, 0.15) is 0 Å². The molecule has 0 bridgehead atoms. The second-order valence-corrected chi connectivity index (χ2v) is 6.93. The van der Waals surface area contributed by atoms with Gasteiger partial charge in [0, 0.05) is 0 Å². The standard InChI is InChI=1S/C16H12F3NO2S/c1-10-2-7-15-12(8-10)9-14(20-23(15,21)22)11-3-5-13(6-4-11)16(17,18)19/h2-9,20H,1H3. The van der Waals surface area contributed by atoms with Gasteiger partial charge in [-0.25, -0.2) is 8.42 Å². The Morgan fingerprint density at radius 3 is 2.26 bits per heavy atom. The Morgan fingerprint density at radius 2 is 1.65 bits per heavy atom. The molecule has 2 aromatic rings. The van der Waals surface area contributed by atoms with Crippen molar-refractivity contribution in [3.05, 3.63) is 64.7 Å². The topological polar surface area (TPSA) is 46.2 Å². The number of alkyl halides is 3. The molecule has 0 atom stereocenters. The van der Waals surface area contributed by atoms with Gasteiger partial charge in [-0.3, -0.25) is 4.72 Å². The third-order valence-corrected chi connectivity index (χ3v) is 4.96. The number of sulfonamides is 1. The number of halogens is 3. The van der Waals surface area contributed by atoms with Gasteiger partial charge >= 0.3 is 6.18 Å². The lowest BCUT2D eigenvalue weighted by atomic mass is 10.1. The highest BCUT2D eigenvalue weighted by Crippen LogP contribution is 2.32. The third-order valence-electron chi connectivity index (χ3n) is 3.52. The van der Waals surface area contributed by atoms with E-state index < -0.39 is 21.8 Å². The quantitative estimate of drug-likeness (QED) is 0.859. The van der Waals surface area contributed by atoms with Crippen LogP contribution in [0.5, 0.6) is 0 Å². The molecule has 23 heavy (non-hydrogen) atoms. The van der Waals surface area contributed by atoms with E-state index in [-0.39, 0.29) is 10.6 Å². The fourth-order valence-corrected chi connectivity index (χ4v) is 3.64. The Kier molecular flexibility index (Phi) is 3.48. The van der Waals surface area contributed by atoms with Crippen molar-refractivity contribution in [3.8, 4) is 0 Å². The Balaban J connectivity index is 2.07. The molecule has 120 valence electrons. The second-order valence-electron chi connectivity index (χ2n) is 5.28. The molecule has 0 fully saturated rings. The molecular weight excluding hydrogens is 327 g/mol. The fraction of sp³-hybridized carbons (Fsp3) is 0.125. The van der Waals surface area contributed by atoms with E-state index in [0.29, 0.717) is 11.1 Å². The van der Waals surface area contributed by atoms with E-state index in [1.54, 1.807) is 18.2 Å². The van der Waals surface area contributed by atoms with Crippen molar-refractivity contribution >= 4 is 21.8 Å². The highest BCUT2D eigenvalue weighted by Gasteiger charge is 2.30. The van der Waals surface area contributed by atoms with Crippen LogP contribution in [0.4, 0.5) is 13.2 Å². The van der Waals surface area contributed by atoms with Crippen molar-refractivity contribution in [1.82, 2.24) is 4.72 Å². The minimum absolute atomic E-state index is 0.152. The monoisotopic (exact) mass is 339 g/mol. The molecule has 7 heteroatoms. The van der Waals surface area contributed by atoms with Crippen LogP contribution in [0.25, 0.3) is 11.8 Å². The summed E-state index contributed by atoms with van der Waals surface area (Å²) < 4.78 is 64.7. The zero-order valence-corrected chi connectivity index (χ0v) is 12.8. The van der Waals surface area contributed by atoms with Crippen molar-refractivity contribution in [2.75, 3.05) is 0 Å². The summed E-state index contributed by atoms with van der Waals surface area (Å²) in [5.41, 5.74) is 1.24. The number of benzene rings is 2. The molecular formula is C16H12F3NO2S. The summed E-state index contributed by atoms with van der Waals surface area (Å²) in [5, 5.41) is 0. The Bertz CT molecular complexity index is 898. The van der Waals surface area contributed by atoms with Crippen LogP contribution >= 0.6 is 0 Å². The van der Waals surface area contributed by atoms with E-state index in [1.807, 2.05) is 6.92 Å². The molecule has 0 spiro atoms. The summed E-state index contributed by atoms with van der Waals surface area (Å²) in [7, 11) is -3.74. The van der Waals surface area contributed by atoms with Crippen LogP contribution in [-0.4, -0.2) is 8.42 Å². The van der Waals surface area contributed by atoms with E-state index in [9.17, 15) is 21.6 Å². The first-order chi connectivity index (χ1) is 10.7. The Morgan fingerprint density at radius 1 is 1.00 bits per heavy atom. The maximum atomic E-state index is 12.6. The predicted molar refractivity (Wildman–Crippen MR) is 80.8 cm³/mol. The lowest BCUT2D eigenvalue weighted by molar-refractivity contribution is -0.137. The molecule has 1 aliphatic heterocycles. The molecule has 0 aliphatic carbocycles. The molecule has 0 unspecified atom stereocenters. The van der Waals surface area contributed by atoms with Crippen molar-refractivity contribution in [2.24, 2.45) is 0 Å². The van der Waals surface area contributed by atoms with Gasteiger partial charge in [0.25, 0.3) is 10.0 Å². The van der Waals surface area contributed by atoms with Gasteiger partial charge in [0.05, 0.1) is 16.2 Å². The number of nitrogens with one attached hydrogen (secondary N) is 1. The van der Waals surface area contributed by atoms with Gasteiger partial charge in [-0.2, -0.15) is 13.2 Å². The van der Waals surface area contributed by atoms with Crippen LogP contribution in [0.2, 0.25) is 0 Å². The third kappa shape index (κ3) is 2.96. The lowest BCUT2D eigenvalue weighted by Crippen LogP contribution is -2.26. The summed E-state index contributed by atoms with van der Waals surface area (Å²) in [6.45, 7) is 1.83. The summed E-state index contributed by atoms with van der Waals surface area (Å²) in [6, 6.07) is 9.27. The highest BCUT2D eigenvalue weighted by atomic mass is 32.2. The van der Waals surface area contributed by atoms with Crippen molar-refractivity contribution < 1.29 is 21.6 Å². The molecule has 1 aliphatic rings. The normalized spacial score (nSPS) is 16.3. The molecule has 0 amide bonds. The van der Waals surface area contributed by atoms with Crippen LogP contribution in [-0.2, 0) is 16.2 Å². The average Bonchev–Trinajstić information content (AvgIpc) is 2.45. The molecule has 0 aromatic heterocycles. The molecule has 1 heterocycles. The molecule has 0 radical (unpaired) electrons. The Hall–Kier alpha value is -2.28. The maximum Gasteiger partial charge on any atom is 0.416 e. The summed E-state index contributed by atoms with van der Waals surface area (Å²) >= 11 is 0. The predicted octanol–water partition coefficient (Wildman–Crippen LogP) is 3.80. The first-order valence-electron chi connectivity index (χ1n) is 6.70. The van der Waals surface area contributed by atoms with Crippen LogP contribution < -0.4 is 4.72 Å². The highest BCUT2D eigenvalue weighted by molar-refractivity contribution is 7.90. The zero-order valence-electron chi connectivity index (χ0n) is 12.0. The van der Waals surface area contributed by atoms with Gasteiger partial charge in [-0.15, -0.1) is 0 Å². The smallest absolute Gasteiger partial charge is 0.279 e. The van der Waals surface area contributed by atoms with Crippen molar-refractivity contribution in [3.63, 3.8) is 0 Å². The minimum atomic E-state index is -4.43. The first-order valence-corrected chi connectivity index (χ1v) is 8.18. The van der Waals surface area contributed by atoms with Crippen molar-refractivity contribution in [2.45, 2.75) is 18.0 Å². The summed E-state index contributed by atoms with van der Waals surface area (Å²) in [5.74, 6) is 0. The molecule has 3 rings (SSSR count). The van der Waals surface area contributed by atoms with E-state index in [1.165, 1.54) is 18.2 Å². The maximum absolute atomic E-state index is 12.6. The fourth-order valence-electron chi connectivity index (χ4n) is 2.39. The van der Waals surface area contributed by atoms with E-state index >= 15 is 0 Å². The summed E-state index contributed by atoms with van der Waals surface area (Å²) in [6.07, 6.45) is -2.81. The van der Waals surface area contributed by atoms with E-state index in [2.05, 4.69) is 4.72 Å². The summed E-state index contributed by atoms with van der Waals surface area (Å²) in [4.78, 5) is 0.152. The number of hydrogen-bond acceptors (Lipinski definition) is 2. The number of aryl methyl sites for hydroxylation is 1. The molecule has 0 saturated carbocycles. The SMILES string of the molecule is Cc1ccc2c(c1)C=C(c1ccc(C(F)(F)F)cc1)NS2(=O)=O. The van der Waals surface area contributed by atoms with Crippen LogP contribution in [0.3, 0.4) is 0 Å². The lowest BCUT2D eigenvalue weighted by Gasteiger charge is -2.20. The van der Waals surface area contributed by atoms with E-state index in [4.69, 9.17) is 0 Å². The van der Waals surface area contributed by atoms with Crippen LogP contribution in [0.15, 0.2) is 47.4 Å². The van der Waals surface area contributed by atoms with Gasteiger partial charge in [0.15, 0.2) is 0 Å². The Labute approximate surface area is 131 Å². The van der Waals surface area contributed by atoms with Crippen molar-refractivity contribution in [1.29, 1.82) is 0 Å². The largest absolute Gasteiger partial charge is 0.416 e. The second kappa shape index (κ2) is 5.13. The average molecular weight is 339 g/mol. The minimum Gasteiger partial charge on any atom is -0.279 e. The molecule has 2 aromatic carbocycles. The van der Waals surface area contributed by atoms with Gasteiger partial charge < -0.3 is 0 Å². The number of rotatable bonds is 1. The van der Waals surface area contributed by atoms with Crippen LogP contribution in [0.1, 0.15) is 22.3 Å². The zero-order chi connectivity index (χ0) is 16.8. The van der Waals surface area contributed by atoms with Crippen LogP contribution in [0, 0.1) is 6.92 Å².